The summed E-state index contributed by atoms with van der Waals surface area (Å²) in [5.41, 5.74) is 0.969. The van der Waals surface area contributed by atoms with E-state index in [0.29, 0.717) is 16.9 Å². The Morgan fingerprint density at radius 1 is 1.04 bits per heavy atom. The van der Waals surface area contributed by atoms with Gasteiger partial charge in [0.15, 0.2) is 9.84 Å². The summed E-state index contributed by atoms with van der Waals surface area (Å²) in [5.74, 6) is 0.209. The Kier molecular flexibility index (Phi) is 5.23. The van der Waals surface area contributed by atoms with E-state index in [4.69, 9.17) is 4.42 Å². The Labute approximate surface area is 152 Å². The lowest BCUT2D eigenvalue weighted by Crippen LogP contribution is -2.26. The van der Waals surface area contributed by atoms with Crippen molar-refractivity contribution in [2.24, 2.45) is 0 Å². The molecule has 1 atom stereocenters. The van der Waals surface area contributed by atoms with Crippen LogP contribution < -0.4 is 5.32 Å². The van der Waals surface area contributed by atoms with E-state index < -0.39 is 9.84 Å². The minimum absolute atomic E-state index is 0.161. The molecule has 5 nitrogen and oxygen atoms in total. The third kappa shape index (κ3) is 4.21. The Balaban J connectivity index is 1.75. The van der Waals surface area contributed by atoms with Crippen molar-refractivity contribution >= 4 is 15.7 Å². The van der Waals surface area contributed by atoms with E-state index in [-0.39, 0.29) is 22.6 Å². The van der Waals surface area contributed by atoms with Gasteiger partial charge in [-0.1, -0.05) is 30.3 Å². The fourth-order valence-electron chi connectivity index (χ4n) is 2.62. The van der Waals surface area contributed by atoms with E-state index in [1.165, 1.54) is 0 Å². The van der Waals surface area contributed by atoms with E-state index in [0.717, 1.165) is 0 Å². The Morgan fingerprint density at radius 3 is 2.50 bits per heavy atom. The van der Waals surface area contributed by atoms with Gasteiger partial charge in [0, 0.05) is 5.56 Å². The van der Waals surface area contributed by atoms with Gasteiger partial charge in [0.2, 0.25) is 0 Å². The Bertz CT molecular complexity index is 980. The van der Waals surface area contributed by atoms with Gasteiger partial charge in [-0.15, -0.1) is 0 Å². The number of rotatable bonds is 6. The molecule has 3 aromatic rings. The molecule has 1 amide bonds. The molecule has 0 aliphatic heterocycles. The molecule has 0 fully saturated rings. The first-order chi connectivity index (χ1) is 12.5. The lowest BCUT2D eigenvalue weighted by molar-refractivity contribution is 0.0935. The standard InChI is InChI=1S/C20H19NO4S/c1-15(19-11-6-12-25-19)21-20(22)17-8-5-7-16(13-17)14-26(23,24)18-9-3-2-4-10-18/h2-13,15H,14H2,1H3,(H,21,22)/t15-/m1/s1. The predicted octanol–water partition coefficient (Wildman–Crippen LogP) is 3.74. The number of sulfone groups is 1. The molecule has 0 saturated heterocycles. The minimum Gasteiger partial charge on any atom is -0.467 e. The van der Waals surface area contributed by atoms with E-state index in [9.17, 15) is 13.2 Å². The fourth-order valence-corrected chi connectivity index (χ4v) is 3.98. The SMILES string of the molecule is C[C@@H](NC(=O)c1cccc(CS(=O)(=O)c2ccccc2)c1)c1ccco1. The van der Waals surface area contributed by atoms with Crippen LogP contribution in [0, 0.1) is 0 Å². The molecular formula is C20H19NO4S. The molecule has 0 aliphatic rings. The van der Waals surface area contributed by atoms with Crippen LogP contribution in [0.5, 0.6) is 0 Å². The van der Waals surface area contributed by atoms with Crippen LogP contribution in [-0.2, 0) is 15.6 Å². The summed E-state index contributed by atoms with van der Waals surface area (Å²) in [7, 11) is -3.46. The van der Waals surface area contributed by atoms with Gasteiger partial charge in [-0.3, -0.25) is 4.79 Å². The van der Waals surface area contributed by atoms with Crippen molar-refractivity contribution in [3.63, 3.8) is 0 Å². The number of benzene rings is 2. The molecule has 0 saturated carbocycles. The lowest BCUT2D eigenvalue weighted by atomic mass is 10.1. The maximum absolute atomic E-state index is 12.5. The normalized spacial score (nSPS) is 12.5. The third-order valence-electron chi connectivity index (χ3n) is 3.97. The quantitative estimate of drug-likeness (QED) is 0.718. The van der Waals surface area contributed by atoms with E-state index in [2.05, 4.69) is 5.32 Å². The second-order valence-corrected chi connectivity index (χ2v) is 7.97. The van der Waals surface area contributed by atoms with Gasteiger partial charge in [-0.2, -0.15) is 0 Å². The van der Waals surface area contributed by atoms with Crippen molar-refractivity contribution in [2.45, 2.75) is 23.6 Å². The number of nitrogens with one attached hydrogen (secondary N) is 1. The highest BCUT2D eigenvalue weighted by Crippen LogP contribution is 2.18. The number of carbonyl (C=O) groups is 1. The molecule has 3 rings (SSSR count). The molecule has 0 unspecified atom stereocenters. The Morgan fingerprint density at radius 2 is 1.81 bits per heavy atom. The highest BCUT2D eigenvalue weighted by molar-refractivity contribution is 7.90. The van der Waals surface area contributed by atoms with E-state index in [1.807, 2.05) is 6.92 Å². The number of hydrogen-bond acceptors (Lipinski definition) is 4. The largest absolute Gasteiger partial charge is 0.467 e. The van der Waals surface area contributed by atoms with Crippen molar-refractivity contribution in [1.82, 2.24) is 5.32 Å². The van der Waals surface area contributed by atoms with Gasteiger partial charge >= 0.3 is 0 Å². The molecule has 0 aliphatic carbocycles. The zero-order valence-electron chi connectivity index (χ0n) is 14.3. The summed E-state index contributed by atoms with van der Waals surface area (Å²) in [6.07, 6.45) is 1.55. The van der Waals surface area contributed by atoms with Crippen LogP contribution >= 0.6 is 0 Å². The number of hydrogen-bond donors (Lipinski definition) is 1. The van der Waals surface area contributed by atoms with Crippen LogP contribution in [0.4, 0.5) is 0 Å². The Hall–Kier alpha value is -2.86. The highest BCUT2D eigenvalue weighted by Gasteiger charge is 2.17. The molecule has 1 N–H and O–H groups in total. The van der Waals surface area contributed by atoms with Crippen LogP contribution in [0.25, 0.3) is 0 Å². The molecule has 26 heavy (non-hydrogen) atoms. The topological polar surface area (TPSA) is 76.4 Å². The van der Waals surface area contributed by atoms with Crippen molar-refractivity contribution in [3.8, 4) is 0 Å². The van der Waals surface area contributed by atoms with E-state index in [1.54, 1.807) is 73.0 Å². The predicted molar refractivity (Wildman–Crippen MR) is 98.4 cm³/mol. The lowest BCUT2D eigenvalue weighted by Gasteiger charge is -2.12. The average molecular weight is 369 g/mol. The molecular weight excluding hydrogens is 350 g/mol. The maximum Gasteiger partial charge on any atom is 0.251 e. The van der Waals surface area contributed by atoms with Gasteiger partial charge in [0.1, 0.15) is 5.76 Å². The number of amides is 1. The van der Waals surface area contributed by atoms with Crippen molar-refractivity contribution in [3.05, 3.63) is 89.9 Å². The molecule has 6 heteroatoms. The van der Waals surface area contributed by atoms with Gasteiger partial charge in [0.05, 0.1) is 23.0 Å². The van der Waals surface area contributed by atoms with Crippen molar-refractivity contribution in [2.75, 3.05) is 0 Å². The summed E-state index contributed by atoms with van der Waals surface area (Å²) < 4.78 is 30.3. The van der Waals surface area contributed by atoms with Crippen LogP contribution in [-0.4, -0.2) is 14.3 Å². The second-order valence-electron chi connectivity index (χ2n) is 5.98. The molecule has 0 spiro atoms. The minimum atomic E-state index is -3.46. The molecule has 0 radical (unpaired) electrons. The van der Waals surface area contributed by atoms with Crippen LogP contribution in [0.15, 0.2) is 82.3 Å². The zero-order chi connectivity index (χ0) is 18.6. The summed E-state index contributed by atoms with van der Waals surface area (Å²) in [6.45, 7) is 1.82. The smallest absolute Gasteiger partial charge is 0.251 e. The second kappa shape index (κ2) is 7.58. The molecule has 1 aromatic heterocycles. The van der Waals surface area contributed by atoms with Crippen LogP contribution in [0.2, 0.25) is 0 Å². The summed E-state index contributed by atoms with van der Waals surface area (Å²) in [6, 6.07) is 18.2. The number of furan rings is 1. The molecule has 1 heterocycles. The summed E-state index contributed by atoms with van der Waals surface area (Å²) >= 11 is 0. The third-order valence-corrected chi connectivity index (χ3v) is 5.67. The monoisotopic (exact) mass is 369 g/mol. The van der Waals surface area contributed by atoms with Crippen molar-refractivity contribution < 1.29 is 17.6 Å². The van der Waals surface area contributed by atoms with Gasteiger partial charge < -0.3 is 9.73 Å². The highest BCUT2D eigenvalue weighted by atomic mass is 32.2. The van der Waals surface area contributed by atoms with Crippen LogP contribution in [0.1, 0.15) is 34.6 Å². The summed E-state index contributed by atoms with van der Waals surface area (Å²) in [5, 5.41) is 2.84. The first kappa shape index (κ1) is 17.9. The first-order valence-corrected chi connectivity index (χ1v) is 9.82. The molecule has 2 aromatic carbocycles. The maximum atomic E-state index is 12.5. The average Bonchev–Trinajstić information content (AvgIpc) is 3.17. The van der Waals surface area contributed by atoms with Crippen LogP contribution in [0.3, 0.4) is 0 Å². The summed E-state index contributed by atoms with van der Waals surface area (Å²) in [4.78, 5) is 12.7. The first-order valence-electron chi connectivity index (χ1n) is 8.17. The van der Waals surface area contributed by atoms with E-state index >= 15 is 0 Å². The number of carbonyl (C=O) groups excluding carboxylic acids is 1. The molecule has 134 valence electrons. The van der Waals surface area contributed by atoms with Crippen molar-refractivity contribution in [1.29, 1.82) is 0 Å². The zero-order valence-corrected chi connectivity index (χ0v) is 15.1. The molecule has 0 bridgehead atoms. The van der Waals surface area contributed by atoms with Gasteiger partial charge in [0.25, 0.3) is 5.91 Å². The van der Waals surface area contributed by atoms with Gasteiger partial charge in [-0.05, 0) is 48.9 Å². The fraction of sp³-hybridized carbons (Fsp3) is 0.150. The van der Waals surface area contributed by atoms with Gasteiger partial charge in [-0.25, -0.2) is 8.42 Å².